The Morgan fingerprint density at radius 1 is 1.38 bits per heavy atom. The van der Waals surface area contributed by atoms with E-state index in [0.717, 1.165) is 5.56 Å². The predicted octanol–water partition coefficient (Wildman–Crippen LogP) is 1.05. The van der Waals surface area contributed by atoms with Gasteiger partial charge in [0.1, 0.15) is 5.75 Å². The first-order chi connectivity index (χ1) is 9.92. The highest BCUT2D eigenvalue weighted by Crippen LogP contribution is 2.15. The monoisotopic (exact) mass is 293 g/mol. The summed E-state index contributed by atoms with van der Waals surface area (Å²) in [5.41, 5.74) is 0.749. The minimum atomic E-state index is -1.31. The topological polar surface area (TPSA) is 95.9 Å². The van der Waals surface area contributed by atoms with Crippen molar-refractivity contribution in [3.63, 3.8) is 0 Å². The number of carbonyl (C=O) groups excluding carboxylic acids is 1. The van der Waals surface area contributed by atoms with Gasteiger partial charge in [0.2, 0.25) is 5.91 Å². The van der Waals surface area contributed by atoms with Crippen LogP contribution in [0, 0.1) is 0 Å². The molecular weight excluding hydrogens is 274 g/mol. The van der Waals surface area contributed by atoms with Gasteiger partial charge in [0.15, 0.2) is 6.04 Å². The molecule has 0 fully saturated rings. The molecule has 3 N–H and O–H groups in total. The van der Waals surface area contributed by atoms with Crippen LogP contribution in [-0.4, -0.2) is 40.8 Å². The molecule has 0 aliphatic carbocycles. The number of carbonyl (C=O) groups is 2. The van der Waals surface area contributed by atoms with Gasteiger partial charge in [-0.3, -0.25) is 4.79 Å². The van der Waals surface area contributed by atoms with Crippen LogP contribution in [0.5, 0.6) is 5.75 Å². The fourth-order valence-corrected chi connectivity index (χ4v) is 1.54. The molecule has 1 rings (SSSR count). The maximum Gasteiger partial charge on any atom is 0.328 e. The van der Waals surface area contributed by atoms with Crippen molar-refractivity contribution in [1.82, 2.24) is 5.32 Å². The average molecular weight is 293 g/mol. The molecule has 1 atom stereocenters. The van der Waals surface area contributed by atoms with Gasteiger partial charge in [0.25, 0.3) is 0 Å². The number of hydrogen-bond acceptors (Lipinski definition) is 4. The molecule has 0 saturated heterocycles. The van der Waals surface area contributed by atoms with Crippen LogP contribution in [0.2, 0.25) is 0 Å². The molecule has 0 spiro atoms. The van der Waals surface area contributed by atoms with E-state index >= 15 is 0 Å². The van der Waals surface area contributed by atoms with Crippen LogP contribution < -0.4 is 10.1 Å². The smallest absolute Gasteiger partial charge is 0.328 e. The Bertz CT molecular complexity index is 525. The number of amides is 1. The Morgan fingerprint density at radius 3 is 2.67 bits per heavy atom. The SMILES string of the molecule is CC(C)Oc1cccc(/C=C/C(=O)NC(CO)C(=O)O)c1. The van der Waals surface area contributed by atoms with E-state index in [9.17, 15) is 9.59 Å². The third kappa shape index (κ3) is 6.09. The zero-order valence-electron chi connectivity index (χ0n) is 11.9. The lowest BCUT2D eigenvalue weighted by atomic mass is 10.2. The highest BCUT2D eigenvalue weighted by molar-refractivity contribution is 5.94. The quantitative estimate of drug-likeness (QED) is 0.653. The van der Waals surface area contributed by atoms with Crippen LogP contribution >= 0.6 is 0 Å². The van der Waals surface area contributed by atoms with Crippen molar-refractivity contribution in [2.24, 2.45) is 0 Å². The third-order valence-corrected chi connectivity index (χ3v) is 2.45. The standard InChI is InChI=1S/C15H19NO5/c1-10(2)21-12-5-3-4-11(8-12)6-7-14(18)16-13(9-17)15(19)20/h3-8,10,13,17H,9H2,1-2H3,(H,16,18)(H,19,20)/b7-6+. The number of ether oxygens (including phenoxy) is 1. The van der Waals surface area contributed by atoms with E-state index in [4.69, 9.17) is 14.9 Å². The fourth-order valence-electron chi connectivity index (χ4n) is 1.54. The van der Waals surface area contributed by atoms with Crippen LogP contribution in [0.3, 0.4) is 0 Å². The Morgan fingerprint density at radius 2 is 2.10 bits per heavy atom. The van der Waals surface area contributed by atoms with Crippen molar-refractivity contribution in [3.05, 3.63) is 35.9 Å². The number of carboxylic acid groups (broad SMARTS) is 1. The second-order valence-electron chi connectivity index (χ2n) is 4.65. The molecular formula is C15H19NO5. The van der Waals surface area contributed by atoms with E-state index in [0.29, 0.717) is 5.75 Å². The molecule has 0 aliphatic rings. The third-order valence-electron chi connectivity index (χ3n) is 2.45. The molecule has 1 aromatic rings. The number of hydrogen-bond donors (Lipinski definition) is 3. The summed E-state index contributed by atoms with van der Waals surface area (Å²) < 4.78 is 5.53. The molecule has 0 radical (unpaired) electrons. The molecule has 0 aliphatic heterocycles. The number of aliphatic hydroxyl groups is 1. The van der Waals surface area contributed by atoms with Gasteiger partial charge in [-0.25, -0.2) is 4.79 Å². The molecule has 0 saturated carbocycles. The number of carboxylic acids is 1. The van der Waals surface area contributed by atoms with Crippen LogP contribution in [0.25, 0.3) is 6.08 Å². The maximum absolute atomic E-state index is 11.5. The van der Waals surface area contributed by atoms with Gasteiger partial charge >= 0.3 is 5.97 Å². The summed E-state index contributed by atoms with van der Waals surface area (Å²) in [6.45, 7) is 3.17. The summed E-state index contributed by atoms with van der Waals surface area (Å²) in [5.74, 6) is -1.19. The van der Waals surface area contributed by atoms with Crippen molar-refractivity contribution in [2.75, 3.05) is 6.61 Å². The summed E-state index contributed by atoms with van der Waals surface area (Å²) in [7, 11) is 0. The lowest BCUT2D eigenvalue weighted by Gasteiger charge is -2.10. The number of aliphatic carboxylic acids is 1. The molecule has 1 unspecified atom stereocenters. The van der Waals surface area contributed by atoms with Gasteiger partial charge in [-0.15, -0.1) is 0 Å². The largest absolute Gasteiger partial charge is 0.491 e. The summed E-state index contributed by atoms with van der Waals surface area (Å²) in [6.07, 6.45) is 2.80. The minimum absolute atomic E-state index is 0.0495. The van der Waals surface area contributed by atoms with Crippen LogP contribution in [0.4, 0.5) is 0 Å². The summed E-state index contributed by atoms with van der Waals surface area (Å²) >= 11 is 0. The molecule has 1 amide bonds. The first kappa shape index (κ1) is 16.7. The summed E-state index contributed by atoms with van der Waals surface area (Å²) in [6, 6.07) is 5.85. The molecule has 114 valence electrons. The lowest BCUT2D eigenvalue weighted by Crippen LogP contribution is -2.42. The molecule has 21 heavy (non-hydrogen) atoms. The molecule has 6 nitrogen and oxygen atoms in total. The average Bonchev–Trinajstić information content (AvgIpc) is 2.42. The van der Waals surface area contributed by atoms with E-state index in [1.54, 1.807) is 24.3 Å². The fraction of sp³-hybridized carbons (Fsp3) is 0.333. The first-order valence-corrected chi connectivity index (χ1v) is 6.51. The Balaban J connectivity index is 2.67. The van der Waals surface area contributed by atoms with Crippen LogP contribution in [0.1, 0.15) is 19.4 Å². The Hall–Kier alpha value is -2.34. The van der Waals surface area contributed by atoms with Gasteiger partial charge < -0.3 is 20.3 Å². The van der Waals surface area contributed by atoms with E-state index in [1.807, 2.05) is 19.9 Å². The lowest BCUT2D eigenvalue weighted by molar-refractivity contribution is -0.142. The number of benzene rings is 1. The first-order valence-electron chi connectivity index (χ1n) is 6.51. The predicted molar refractivity (Wildman–Crippen MR) is 77.9 cm³/mol. The zero-order chi connectivity index (χ0) is 15.8. The maximum atomic E-state index is 11.5. The molecule has 0 heterocycles. The van der Waals surface area contributed by atoms with Crippen LogP contribution in [0.15, 0.2) is 30.3 Å². The van der Waals surface area contributed by atoms with Crippen molar-refractivity contribution < 1.29 is 24.5 Å². The highest BCUT2D eigenvalue weighted by Gasteiger charge is 2.16. The van der Waals surface area contributed by atoms with Gasteiger partial charge in [-0.2, -0.15) is 0 Å². The Labute approximate surface area is 123 Å². The van der Waals surface area contributed by atoms with Crippen molar-refractivity contribution in [3.8, 4) is 5.75 Å². The van der Waals surface area contributed by atoms with Crippen molar-refractivity contribution in [1.29, 1.82) is 0 Å². The van der Waals surface area contributed by atoms with Gasteiger partial charge in [-0.05, 0) is 37.6 Å². The number of rotatable bonds is 7. The number of aliphatic hydroxyl groups excluding tert-OH is 1. The molecule has 6 heteroatoms. The molecule has 0 aromatic heterocycles. The second kappa shape index (κ2) is 8.06. The van der Waals surface area contributed by atoms with E-state index in [1.165, 1.54) is 6.08 Å². The molecule has 0 bridgehead atoms. The van der Waals surface area contributed by atoms with Crippen molar-refractivity contribution >= 4 is 18.0 Å². The normalized spacial score (nSPS) is 12.4. The van der Waals surface area contributed by atoms with Gasteiger partial charge in [0, 0.05) is 6.08 Å². The Kier molecular flexibility index (Phi) is 6.42. The minimum Gasteiger partial charge on any atom is -0.491 e. The van der Waals surface area contributed by atoms with Gasteiger partial charge in [-0.1, -0.05) is 12.1 Å². The van der Waals surface area contributed by atoms with E-state index in [2.05, 4.69) is 5.32 Å². The molecule has 1 aromatic carbocycles. The summed E-state index contributed by atoms with van der Waals surface area (Å²) in [4.78, 5) is 22.2. The highest BCUT2D eigenvalue weighted by atomic mass is 16.5. The van der Waals surface area contributed by atoms with Gasteiger partial charge in [0.05, 0.1) is 12.7 Å². The van der Waals surface area contributed by atoms with E-state index in [-0.39, 0.29) is 6.10 Å². The zero-order valence-corrected chi connectivity index (χ0v) is 11.9. The van der Waals surface area contributed by atoms with E-state index < -0.39 is 24.5 Å². The van der Waals surface area contributed by atoms with Crippen molar-refractivity contribution in [2.45, 2.75) is 26.0 Å². The second-order valence-corrected chi connectivity index (χ2v) is 4.65. The number of nitrogens with one attached hydrogen (secondary N) is 1. The summed E-state index contributed by atoms with van der Waals surface area (Å²) in [5, 5.41) is 19.7. The van der Waals surface area contributed by atoms with Crippen LogP contribution in [-0.2, 0) is 9.59 Å².